The number of rotatable bonds is 6. The van der Waals surface area contributed by atoms with Crippen molar-refractivity contribution >= 4 is 0 Å². The lowest BCUT2D eigenvalue weighted by atomic mass is 9.81. The second-order valence-corrected chi connectivity index (χ2v) is 5.72. The van der Waals surface area contributed by atoms with Crippen molar-refractivity contribution in [2.24, 2.45) is 0 Å². The van der Waals surface area contributed by atoms with Crippen LogP contribution in [0, 0.1) is 0 Å². The number of hydrogen-bond donors (Lipinski definition) is 2. The molecule has 3 heteroatoms. The Balaban J connectivity index is 2.26. The predicted molar refractivity (Wildman–Crippen MR) is 81.3 cm³/mol. The van der Waals surface area contributed by atoms with Crippen molar-refractivity contribution < 1.29 is 10.2 Å². The van der Waals surface area contributed by atoms with Gasteiger partial charge in [-0.1, -0.05) is 36.4 Å². The van der Waals surface area contributed by atoms with Gasteiger partial charge in [0, 0.05) is 18.1 Å². The van der Waals surface area contributed by atoms with Crippen molar-refractivity contribution in [1.82, 2.24) is 4.90 Å². The van der Waals surface area contributed by atoms with Gasteiger partial charge in [-0.2, -0.15) is 0 Å². The quantitative estimate of drug-likeness (QED) is 0.783. The van der Waals surface area contributed by atoms with Gasteiger partial charge in [0.15, 0.2) is 0 Å². The summed E-state index contributed by atoms with van der Waals surface area (Å²) in [5.41, 5.74) is 0.943. The fourth-order valence-electron chi connectivity index (χ4n) is 3.34. The molecule has 1 heterocycles. The van der Waals surface area contributed by atoms with Crippen LogP contribution in [0.1, 0.15) is 31.2 Å². The number of nitrogens with zero attached hydrogens (tertiary/aromatic N) is 1. The lowest BCUT2D eigenvalue weighted by Gasteiger charge is -2.50. The summed E-state index contributed by atoms with van der Waals surface area (Å²) in [7, 11) is 0. The van der Waals surface area contributed by atoms with Crippen LogP contribution in [-0.4, -0.2) is 39.9 Å². The van der Waals surface area contributed by atoms with Gasteiger partial charge in [0.2, 0.25) is 0 Å². The molecule has 1 aliphatic rings. The molecule has 2 N–H and O–H groups in total. The topological polar surface area (TPSA) is 43.7 Å². The molecule has 0 aliphatic carbocycles. The van der Waals surface area contributed by atoms with Crippen LogP contribution in [0.2, 0.25) is 0 Å². The molecule has 0 saturated carbocycles. The molecule has 0 amide bonds. The van der Waals surface area contributed by atoms with Crippen LogP contribution in [0.15, 0.2) is 43.0 Å². The molecule has 0 bridgehead atoms. The zero-order valence-corrected chi connectivity index (χ0v) is 12.0. The lowest BCUT2D eigenvalue weighted by molar-refractivity contribution is -0.0570. The molecule has 1 fully saturated rings. The SMILES string of the molecule is C=CC[C@@]1(CO)CCC[C@H](CO)N1Cc1ccccc1. The molecule has 0 aromatic heterocycles. The average molecular weight is 275 g/mol. The summed E-state index contributed by atoms with van der Waals surface area (Å²) in [5, 5.41) is 19.6. The molecule has 2 rings (SSSR count). The second-order valence-electron chi connectivity index (χ2n) is 5.72. The molecule has 0 unspecified atom stereocenters. The highest BCUT2D eigenvalue weighted by atomic mass is 16.3. The summed E-state index contributed by atoms with van der Waals surface area (Å²) in [6, 6.07) is 10.4. The van der Waals surface area contributed by atoms with Crippen LogP contribution in [-0.2, 0) is 6.54 Å². The summed E-state index contributed by atoms with van der Waals surface area (Å²) in [5.74, 6) is 0. The molecule has 20 heavy (non-hydrogen) atoms. The third kappa shape index (κ3) is 3.11. The zero-order valence-electron chi connectivity index (χ0n) is 12.0. The van der Waals surface area contributed by atoms with E-state index in [4.69, 9.17) is 0 Å². The third-order valence-electron chi connectivity index (χ3n) is 4.45. The van der Waals surface area contributed by atoms with Gasteiger partial charge in [0.25, 0.3) is 0 Å². The van der Waals surface area contributed by atoms with Gasteiger partial charge in [0.1, 0.15) is 0 Å². The van der Waals surface area contributed by atoms with E-state index in [0.717, 1.165) is 32.2 Å². The largest absolute Gasteiger partial charge is 0.395 e. The Kier molecular flexibility index (Phi) is 5.35. The van der Waals surface area contributed by atoms with Crippen molar-refractivity contribution in [2.75, 3.05) is 13.2 Å². The normalized spacial score (nSPS) is 27.4. The predicted octanol–water partition coefficient (Wildman–Crippen LogP) is 2.34. The van der Waals surface area contributed by atoms with Gasteiger partial charge in [0.05, 0.1) is 13.2 Å². The molecule has 2 atom stereocenters. The van der Waals surface area contributed by atoms with E-state index in [2.05, 4.69) is 23.6 Å². The molecule has 110 valence electrons. The molecule has 1 aliphatic heterocycles. The van der Waals surface area contributed by atoms with Gasteiger partial charge >= 0.3 is 0 Å². The fraction of sp³-hybridized carbons (Fsp3) is 0.529. The number of benzene rings is 1. The smallest absolute Gasteiger partial charge is 0.0618 e. The van der Waals surface area contributed by atoms with Crippen LogP contribution in [0.5, 0.6) is 0 Å². The first-order valence-corrected chi connectivity index (χ1v) is 7.39. The highest BCUT2D eigenvalue weighted by molar-refractivity contribution is 5.16. The van der Waals surface area contributed by atoms with Gasteiger partial charge in [-0.15, -0.1) is 6.58 Å². The fourth-order valence-corrected chi connectivity index (χ4v) is 3.34. The molecule has 3 nitrogen and oxygen atoms in total. The van der Waals surface area contributed by atoms with Crippen molar-refractivity contribution in [3.05, 3.63) is 48.6 Å². The Labute approximate surface area is 121 Å². The average Bonchev–Trinajstić information content (AvgIpc) is 2.50. The highest BCUT2D eigenvalue weighted by Gasteiger charge is 2.41. The minimum absolute atomic E-state index is 0.113. The van der Waals surface area contributed by atoms with Gasteiger partial charge in [-0.05, 0) is 31.2 Å². The van der Waals surface area contributed by atoms with E-state index in [9.17, 15) is 10.2 Å². The lowest BCUT2D eigenvalue weighted by Crippen LogP contribution is -2.59. The summed E-state index contributed by atoms with van der Waals surface area (Å²) >= 11 is 0. The Bertz CT molecular complexity index is 420. The first-order valence-electron chi connectivity index (χ1n) is 7.39. The number of aliphatic hydroxyl groups is 2. The Morgan fingerprint density at radius 1 is 1.30 bits per heavy atom. The number of piperidine rings is 1. The van der Waals surface area contributed by atoms with E-state index in [1.165, 1.54) is 5.56 Å². The van der Waals surface area contributed by atoms with E-state index in [1.807, 2.05) is 24.3 Å². The Hall–Kier alpha value is -1.16. The van der Waals surface area contributed by atoms with E-state index in [-0.39, 0.29) is 24.8 Å². The maximum Gasteiger partial charge on any atom is 0.0618 e. The monoisotopic (exact) mass is 275 g/mol. The summed E-state index contributed by atoms with van der Waals surface area (Å²) in [4.78, 5) is 2.29. The molecule has 0 spiro atoms. The van der Waals surface area contributed by atoms with Crippen molar-refractivity contribution in [3.63, 3.8) is 0 Å². The molecule has 1 saturated heterocycles. The number of likely N-dealkylation sites (tertiary alicyclic amines) is 1. The summed E-state index contributed by atoms with van der Waals surface area (Å²) in [6.07, 6.45) is 5.63. The first kappa shape index (κ1) is 15.2. The zero-order chi connectivity index (χ0) is 14.4. The van der Waals surface area contributed by atoms with Crippen LogP contribution in [0.3, 0.4) is 0 Å². The van der Waals surface area contributed by atoms with E-state index >= 15 is 0 Å². The van der Waals surface area contributed by atoms with E-state index < -0.39 is 0 Å². The molecule has 1 aromatic carbocycles. The number of hydrogen-bond acceptors (Lipinski definition) is 3. The van der Waals surface area contributed by atoms with Crippen molar-refractivity contribution in [2.45, 2.75) is 43.8 Å². The van der Waals surface area contributed by atoms with Crippen molar-refractivity contribution in [3.8, 4) is 0 Å². The van der Waals surface area contributed by atoms with Gasteiger partial charge in [-0.25, -0.2) is 0 Å². The summed E-state index contributed by atoms with van der Waals surface area (Å²) in [6.45, 7) is 4.86. The molecule has 0 radical (unpaired) electrons. The van der Waals surface area contributed by atoms with E-state index in [1.54, 1.807) is 0 Å². The molecule has 1 aromatic rings. The van der Waals surface area contributed by atoms with Crippen LogP contribution in [0.4, 0.5) is 0 Å². The highest BCUT2D eigenvalue weighted by Crippen LogP contribution is 2.36. The second kappa shape index (κ2) is 7.02. The van der Waals surface area contributed by atoms with Gasteiger partial charge < -0.3 is 10.2 Å². The van der Waals surface area contributed by atoms with Crippen LogP contribution >= 0.6 is 0 Å². The van der Waals surface area contributed by atoms with E-state index in [0.29, 0.717) is 0 Å². The maximum atomic E-state index is 9.96. The number of aliphatic hydroxyl groups excluding tert-OH is 2. The van der Waals surface area contributed by atoms with Crippen molar-refractivity contribution in [1.29, 1.82) is 0 Å². The third-order valence-corrected chi connectivity index (χ3v) is 4.45. The van der Waals surface area contributed by atoms with Gasteiger partial charge in [-0.3, -0.25) is 4.90 Å². The standard InChI is InChI=1S/C17H25NO2/c1-2-10-17(14-20)11-6-9-16(13-19)18(17)12-15-7-4-3-5-8-15/h2-5,7-8,16,19-20H,1,6,9-14H2/t16-,17+/m1/s1. The summed E-state index contributed by atoms with van der Waals surface area (Å²) < 4.78 is 0. The van der Waals surface area contributed by atoms with Crippen LogP contribution in [0.25, 0.3) is 0 Å². The molecular formula is C17H25NO2. The molecular weight excluding hydrogens is 250 g/mol. The first-order chi connectivity index (χ1) is 9.75. The maximum absolute atomic E-state index is 9.96. The Morgan fingerprint density at radius 2 is 2.05 bits per heavy atom. The minimum atomic E-state index is -0.275. The minimum Gasteiger partial charge on any atom is -0.395 e. The Morgan fingerprint density at radius 3 is 2.65 bits per heavy atom. The van der Waals surface area contributed by atoms with Crippen LogP contribution < -0.4 is 0 Å².